The summed E-state index contributed by atoms with van der Waals surface area (Å²) in [6.45, 7) is 4.02. The molecule has 1 aromatic carbocycles. The molecule has 0 radical (unpaired) electrons. The average Bonchev–Trinajstić information content (AvgIpc) is 2.92. The Labute approximate surface area is 226 Å². The Kier molecular flexibility index (Phi) is 8.95. The molecule has 5 rings (SSSR count). The van der Waals surface area contributed by atoms with Crippen LogP contribution >= 0.6 is 0 Å². The van der Waals surface area contributed by atoms with E-state index in [2.05, 4.69) is 20.9 Å². The molecular weight excluding hydrogens is 502 g/mol. The number of sulfonamides is 1. The van der Waals surface area contributed by atoms with Gasteiger partial charge in [0.25, 0.3) is 5.91 Å². The molecule has 2 saturated heterocycles. The van der Waals surface area contributed by atoms with Crippen molar-refractivity contribution in [2.45, 2.75) is 82.6 Å². The lowest BCUT2D eigenvalue weighted by molar-refractivity contribution is 0.0143. The van der Waals surface area contributed by atoms with Crippen LogP contribution in [0.15, 0.2) is 42.5 Å². The normalized spacial score (nSPS) is 23.3. The number of piperidine rings is 2. The summed E-state index contributed by atoms with van der Waals surface area (Å²) >= 11 is 0. The van der Waals surface area contributed by atoms with E-state index >= 15 is 0 Å². The number of carbonyl (C=O) groups is 1. The number of carbonyl (C=O) groups excluding carboxylic acids is 1. The van der Waals surface area contributed by atoms with Crippen molar-refractivity contribution in [1.29, 1.82) is 0 Å². The Morgan fingerprint density at radius 3 is 2.45 bits per heavy atom. The Hall–Kier alpha value is -2.69. The van der Waals surface area contributed by atoms with Gasteiger partial charge in [0, 0.05) is 30.7 Å². The van der Waals surface area contributed by atoms with Gasteiger partial charge in [0.1, 0.15) is 11.6 Å². The van der Waals surface area contributed by atoms with Crippen LogP contribution in [0.1, 0.15) is 61.9 Å². The van der Waals surface area contributed by atoms with Crippen molar-refractivity contribution in [2.75, 3.05) is 22.9 Å². The monoisotopic (exact) mass is 543 g/mol. The van der Waals surface area contributed by atoms with Crippen LogP contribution in [0.25, 0.3) is 0 Å². The predicted molar refractivity (Wildman–Crippen MR) is 151 cm³/mol. The fourth-order valence-electron chi connectivity index (χ4n) is 5.46. The summed E-state index contributed by atoms with van der Waals surface area (Å²) in [5.74, 6) is 0.567. The maximum Gasteiger partial charge on any atom is 0.251 e. The van der Waals surface area contributed by atoms with Gasteiger partial charge in [-0.3, -0.25) is 9.10 Å². The van der Waals surface area contributed by atoms with E-state index in [1.807, 2.05) is 44.2 Å². The molecule has 2 bridgehead atoms. The number of amides is 1. The Balaban J connectivity index is 1.63. The van der Waals surface area contributed by atoms with Crippen molar-refractivity contribution in [1.82, 2.24) is 15.6 Å². The molecule has 10 heteroatoms. The quantitative estimate of drug-likeness (QED) is 0.344. The number of aliphatic hydroxyl groups is 1. The van der Waals surface area contributed by atoms with E-state index < -0.39 is 22.2 Å². The minimum Gasteiger partial charge on any atom is -0.389 e. The zero-order valence-corrected chi connectivity index (χ0v) is 23.5. The Morgan fingerprint density at radius 1 is 1.18 bits per heavy atom. The lowest BCUT2D eigenvalue weighted by Gasteiger charge is -2.47. The van der Waals surface area contributed by atoms with E-state index in [1.54, 1.807) is 6.07 Å². The maximum atomic E-state index is 13.7. The van der Waals surface area contributed by atoms with Crippen molar-refractivity contribution < 1.29 is 18.3 Å². The first-order valence-corrected chi connectivity index (χ1v) is 15.4. The molecule has 1 aliphatic carbocycles. The van der Waals surface area contributed by atoms with Gasteiger partial charge < -0.3 is 21.1 Å². The highest BCUT2D eigenvalue weighted by atomic mass is 32.2. The summed E-state index contributed by atoms with van der Waals surface area (Å²) in [6.07, 6.45) is 6.06. The summed E-state index contributed by atoms with van der Waals surface area (Å²) in [6, 6.07) is 12.8. The summed E-state index contributed by atoms with van der Waals surface area (Å²) in [7, 11) is -2.17. The number of benzene rings is 1. The van der Waals surface area contributed by atoms with Crippen LogP contribution in [0.3, 0.4) is 0 Å². The predicted octanol–water partition coefficient (Wildman–Crippen LogP) is 2.92. The molecule has 2 aromatic rings. The molecule has 2 aliphatic heterocycles. The minimum atomic E-state index is -3.58. The fourth-order valence-corrected chi connectivity index (χ4v) is 5.90. The van der Waals surface area contributed by atoms with E-state index in [4.69, 9.17) is 0 Å². The summed E-state index contributed by atoms with van der Waals surface area (Å²) in [5, 5.41) is 21.5. The Bertz CT molecular complexity index is 1200. The number of pyridine rings is 1. The summed E-state index contributed by atoms with van der Waals surface area (Å²) in [5.41, 5.74) is 1.30. The van der Waals surface area contributed by atoms with Crippen molar-refractivity contribution >= 4 is 27.6 Å². The lowest BCUT2D eigenvalue weighted by atomic mass is 9.73. The number of nitrogens with zero attached hydrogens (tertiary/aromatic N) is 2. The van der Waals surface area contributed by atoms with Crippen LogP contribution in [-0.2, 0) is 16.4 Å². The molecule has 3 aliphatic rings. The zero-order chi connectivity index (χ0) is 27.4. The molecular formula is C28H41N5O4S. The first kappa shape index (κ1) is 28.3. The highest BCUT2D eigenvalue weighted by Gasteiger charge is 2.41. The van der Waals surface area contributed by atoms with Gasteiger partial charge in [-0.1, -0.05) is 37.3 Å². The number of hydrogen-bond acceptors (Lipinski definition) is 7. The smallest absolute Gasteiger partial charge is 0.251 e. The molecule has 38 heavy (non-hydrogen) atoms. The molecule has 3 fully saturated rings. The second kappa shape index (κ2) is 12.0. The molecule has 0 spiro atoms. The van der Waals surface area contributed by atoms with Gasteiger partial charge >= 0.3 is 0 Å². The molecule has 4 N–H and O–H groups in total. The third-order valence-corrected chi connectivity index (χ3v) is 9.19. The fraction of sp³-hybridized carbons (Fsp3) is 0.571. The molecule has 208 valence electrons. The third kappa shape index (κ3) is 6.84. The van der Waals surface area contributed by atoms with E-state index in [0.717, 1.165) is 48.2 Å². The van der Waals surface area contributed by atoms with E-state index in [9.17, 15) is 18.3 Å². The third-order valence-electron chi connectivity index (χ3n) is 8.00. The molecule has 1 aromatic heterocycles. The van der Waals surface area contributed by atoms with Gasteiger partial charge in [-0.15, -0.1) is 0 Å². The molecule has 9 nitrogen and oxygen atoms in total. The topological polar surface area (TPSA) is 124 Å². The number of nitrogens with one attached hydrogen (secondary N) is 3. The van der Waals surface area contributed by atoms with Crippen LogP contribution in [-0.4, -0.2) is 68.0 Å². The lowest BCUT2D eigenvalue weighted by Crippen LogP contribution is -2.62. The number of aromatic nitrogens is 1. The molecule has 4 atom stereocenters. The number of aliphatic hydroxyl groups excluding tert-OH is 1. The van der Waals surface area contributed by atoms with Crippen LogP contribution in [0, 0.1) is 5.92 Å². The highest BCUT2D eigenvalue weighted by Crippen LogP contribution is 2.35. The second-order valence-electron chi connectivity index (χ2n) is 10.8. The van der Waals surface area contributed by atoms with Crippen LogP contribution < -0.4 is 20.3 Å². The SMILES string of the molecule is CC[C@H](C)Nc1cc(C(=O)N[C@@H](Cc2ccccc2)[C@H](O)[C@@H]2NC3CCC2CC3)cc(N(C)S(C)(=O)=O)n1. The van der Waals surface area contributed by atoms with Crippen LogP contribution in [0.5, 0.6) is 0 Å². The van der Waals surface area contributed by atoms with Crippen LogP contribution in [0.4, 0.5) is 11.6 Å². The Morgan fingerprint density at radius 2 is 1.87 bits per heavy atom. The number of rotatable bonds is 11. The van der Waals surface area contributed by atoms with Crippen molar-refractivity contribution in [3.8, 4) is 0 Å². The van der Waals surface area contributed by atoms with Gasteiger partial charge in [-0.25, -0.2) is 13.4 Å². The van der Waals surface area contributed by atoms with Crippen molar-refractivity contribution in [3.63, 3.8) is 0 Å². The van der Waals surface area contributed by atoms with E-state index in [0.29, 0.717) is 24.2 Å². The van der Waals surface area contributed by atoms with Crippen molar-refractivity contribution in [3.05, 3.63) is 53.6 Å². The number of anilines is 2. The molecule has 0 unspecified atom stereocenters. The zero-order valence-electron chi connectivity index (χ0n) is 22.7. The van der Waals surface area contributed by atoms with Crippen LogP contribution in [0.2, 0.25) is 0 Å². The largest absolute Gasteiger partial charge is 0.389 e. The summed E-state index contributed by atoms with van der Waals surface area (Å²) in [4.78, 5) is 18.1. The number of hydrogen-bond donors (Lipinski definition) is 4. The van der Waals surface area contributed by atoms with Crippen molar-refractivity contribution in [2.24, 2.45) is 5.92 Å². The first-order valence-electron chi connectivity index (χ1n) is 13.6. The van der Waals surface area contributed by atoms with E-state index in [-0.39, 0.29) is 29.4 Å². The first-order chi connectivity index (χ1) is 18.0. The van der Waals surface area contributed by atoms with Gasteiger partial charge in [0.05, 0.1) is 18.4 Å². The van der Waals surface area contributed by atoms with Gasteiger partial charge in [-0.05, 0) is 69.1 Å². The van der Waals surface area contributed by atoms with Gasteiger partial charge in [-0.2, -0.15) is 0 Å². The minimum absolute atomic E-state index is 0.0801. The number of fused-ring (bicyclic) bond motifs is 3. The average molecular weight is 544 g/mol. The van der Waals surface area contributed by atoms with E-state index in [1.165, 1.54) is 13.1 Å². The van der Waals surface area contributed by atoms with Gasteiger partial charge in [0.15, 0.2) is 0 Å². The second-order valence-corrected chi connectivity index (χ2v) is 12.9. The summed E-state index contributed by atoms with van der Waals surface area (Å²) < 4.78 is 25.5. The maximum absolute atomic E-state index is 13.7. The molecule has 3 heterocycles. The molecule has 1 amide bonds. The van der Waals surface area contributed by atoms with Gasteiger partial charge in [0.2, 0.25) is 10.0 Å². The standard InChI is InChI=1S/C28H41N5O4S/c1-5-18(2)29-24-16-21(17-25(32-24)33(3)38(4,36)37)28(35)31-23(15-19-9-7-6-8-10-19)27(34)26-20-11-13-22(30-26)14-12-20/h6-10,16-18,20,22-23,26-27,30,34H,5,11-15H2,1-4H3,(H,29,32)(H,31,35)/t18-,20?,22?,23-,26+,27-/m0/s1. The highest BCUT2D eigenvalue weighted by molar-refractivity contribution is 7.92. The molecule has 1 saturated carbocycles.